The molecule has 1 saturated heterocycles. The van der Waals surface area contributed by atoms with Gasteiger partial charge < -0.3 is 14.7 Å². The van der Waals surface area contributed by atoms with Crippen LogP contribution in [0.5, 0.6) is 5.75 Å². The average molecular weight is 333 g/mol. The number of aliphatic hydroxyl groups excluding tert-OH is 1. The zero-order valence-corrected chi connectivity index (χ0v) is 12.9. The van der Waals surface area contributed by atoms with Gasteiger partial charge in [0, 0.05) is 6.54 Å². The van der Waals surface area contributed by atoms with Crippen LogP contribution in [-0.4, -0.2) is 35.2 Å². The lowest BCUT2D eigenvalue weighted by Crippen LogP contribution is -2.35. The van der Waals surface area contributed by atoms with Gasteiger partial charge in [-0.3, -0.25) is 4.79 Å². The molecule has 6 heteroatoms. The maximum Gasteiger partial charge on any atom is 0.261 e. The zero-order chi connectivity index (χ0) is 17.1. The highest BCUT2D eigenvalue weighted by molar-refractivity contribution is 5.78. The summed E-state index contributed by atoms with van der Waals surface area (Å²) < 4.78 is 32.2. The predicted molar refractivity (Wildman–Crippen MR) is 83.4 cm³/mol. The minimum atomic E-state index is -0.685. The largest absolute Gasteiger partial charge is 0.481 e. The quantitative estimate of drug-likeness (QED) is 0.936. The number of β-amino-alcohol motifs (C(OH)–C–C–N with tert-alkyl or cyclic N) is 1. The SMILES string of the molecule is O=C(COc1ccccc1F)N1C[C@@H](O)C[C@H]1c1cccc(F)c1. The molecule has 126 valence electrons. The molecule has 2 aromatic carbocycles. The van der Waals surface area contributed by atoms with Gasteiger partial charge in [-0.2, -0.15) is 0 Å². The van der Waals surface area contributed by atoms with Crippen LogP contribution in [0.1, 0.15) is 18.0 Å². The van der Waals surface area contributed by atoms with Crippen molar-refractivity contribution >= 4 is 5.91 Å². The van der Waals surface area contributed by atoms with Crippen molar-refractivity contribution in [2.45, 2.75) is 18.6 Å². The first-order valence-corrected chi connectivity index (χ1v) is 7.65. The monoisotopic (exact) mass is 333 g/mol. The van der Waals surface area contributed by atoms with Gasteiger partial charge in [0.2, 0.25) is 0 Å². The third-order valence-electron chi connectivity index (χ3n) is 4.02. The van der Waals surface area contributed by atoms with Crippen LogP contribution in [0.3, 0.4) is 0 Å². The van der Waals surface area contributed by atoms with E-state index in [2.05, 4.69) is 0 Å². The van der Waals surface area contributed by atoms with Gasteiger partial charge in [-0.05, 0) is 36.2 Å². The fourth-order valence-electron chi connectivity index (χ4n) is 2.90. The van der Waals surface area contributed by atoms with Gasteiger partial charge in [0.05, 0.1) is 12.1 Å². The third kappa shape index (κ3) is 3.54. The summed E-state index contributed by atoms with van der Waals surface area (Å²) in [7, 11) is 0. The molecule has 0 saturated carbocycles. The van der Waals surface area contributed by atoms with Crippen LogP contribution in [0.25, 0.3) is 0 Å². The van der Waals surface area contributed by atoms with Crippen LogP contribution >= 0.6 is 0 Å². The lowest BCUT2D eigenvalue weighted by Gasteiger charge is -2.25. The van der Waals surface area contributed by atoms with Crippen LogP contribution in [0, 0.1) is 11.6 Å². The van der Waals surface area contributed by atoms with E-state index < -0.39 is 23.8 Å². The Balaban J connectivity index is 1.71. The summed E-state index contributed by atoms with van der Waals surface area (Å²) in [4.78, 5) is 13.9. The van der Waals surface area contributed by atoms with Crippen molar-refractivity contribution in [3.63, 3.8) is 0 Å². The maximum atomic E-state index is 13.5. The Morgan fingerprint density at radius 1 is 1.21 bits per heavy atom. The summed E-state index contributed by atoms with van der Waals surface area (Å²) >= 11 is 0. The number of amides is 1. The zero-order valence-electron chi connectivity index (χ0n) is 12.9. The topological polar surface area (TPSA) is 49.8 Å². The number of para-hydroxylation sites is 1. The predicted octanol–water partition coefficient (Wildman–Crippen LogP) is 2.68. The fraction of sp³-hybridized carbons (Fsp3) is 0.278. The van der Waals surface area contributed by atoms with Crippen molar-refractivity contribution in [1.29, 1.82) is 0 Å². The molecule has 0 aliphatic carbocycles. The molecule has 1 heterocycles. The summed E-state index contributed by atoms with van der Waals surface area (Å²) in [6.45, 7) is -0.208. The summed E-state index contributed by atoms with van der Waals surface area (Å²) in [5, 5.41) is 9.89. The van der Waals surface area contributed by atoms with Crippen molar-refractivity contribution in [1.82, 2.24) is 4.90 Å². The first kappa shape index (κ1) is 16.4. The van der Waals surface area contributed by atoms with Gasteiger partial charge in [-0.1, -0.05) is 24.3 Å². The molecule has 1 fully saturated rings. The van der Waals surface area contributed by atoms with Gasteiger partial charge in [-0.25, -0.2) is 8.78 Å². The van der Waals surface area contributed by atoms with Crippen LogP contribution in [0.2, 0.25) is 0 Å². The number of hydrogen-bond donors (Lipinski definition) is 1. The van der Waals surface area contributed by atoms with Gasteiger partial charge in [-0.15, -0.1) is 0 Å². The second kappa shape index (κ2) is 6.97. The van der Waals surface area contributed by atoms with E-state index >= 15 is 0 Å². The molecule has 1 N–H and O–H groups in total. The Hall–Kier alpha value is -2.47. The maximum absolute atomic E-state index is 13.5. The molecule has 2 aromatic rings. The Morgan fingerprint density at radius 2 is 2.00 bits per heavy atom. The summed E-state index contributed by atoms with van der Waals surface area (Å²) in [6, 6.07) is 11.3. The molecular formula is C18H17F2NO3. The highest BCUT2D eigenvalue weighted by atomic mass is 19.1. The molecule has 24 heavy (non-hydrogen) atoms. The van der Waals surface area contributed by atoms with E-state index in [1.54, 1.807) is 18.2 Å². The molecule has 0 bridgehead atoms. The smallest absolute Gasteiger partial charge is 0.261 e. The molecule has 1 amide bonds. The van der Waals surface area contributed by atoms with E-state index in [4.69, 9.17) is 4.74 Å². The van der Waals surface area contributed by atoms with Crippen LogP contribution in [-0.2, 0) is 4.79 Å². The Labute approximate surface area is 138 Å². The second-order valence-corrected chi connectivity index (χ2v) is 5.73. The van der Waals surface area contributed by atoms with E-state index in [1.165, 1.54) is 35.2 Å². The number of ether oxygens (including phenoxy) is 1. The van der Waals surface area contributed by atoms with Crippen LogP contribution < -0.4 is 4.74 Å². The molecule has 0 unspecified atom stereocenters. The Morgan fingerprint density at radius 3 is 2.75 bits per heavy atom. The van der Waals surface area contributed by atoms with E-state index in [-0.39, 0.29) is 24.8 Å². The van der Waals surface area contributed by atoms with Gasteiger partial charge in [0.1, 0.15) is 5.82 Å². The number of likely N-dealkylation sites (tertiary alicyclic amines) is 1. The molecular weight excluding hydrogens is 316 g/mol. The molecule has 4 nitrogen and oxygen atoms in total. The molecule has 0 aromatic heterocycles. The molecule has 1 aliphatic heterocycles. The number of carbonyl (C=O) groups excluding carboxylic acids is 1. The standard InChI is InChI=1S/C18H17F2NO3/c19-13-5-3-4-12(8-13)16-9-14(22)10-21(16)18(23)11-24-17-7-2-1-6-15(17)20/h1-8,14,16,22H,9-11H2/t14-,16-/m0/s1. The minimum absolute atomic E-state index is 0.00657. The molecule has 1 aliphatic rings. The number of nitrogens with zero attached hydrogens (tertiary/aromatic N) is 1. The van der Waals surface area contributed by atoms with Crippen molar-refractivity contribution in [2.75, 3.05) is 13.2 Å². The Bertz CT molecular complexity index is 738. The fourth-order valence-corrected chi connectivity index (χ4v) is 2.90. The van der Waals surface area contributed by atoms with Gasteiger partial charge in [0.25, 0.3) is 5.91 Å². The third-order valence-corrected chi connectivity index (χ3v) is 4.02. The molecule has 0 spiro atoms. The number of benzene rings is 2. The molecule has 3 rings (SSSR count). The summed E-state index contributed by atoms with van der Waals surface area (Å²) in [5.41, 5.74) is 0.616. The van der Waals surface area contributed by atoms with E-state index in [0.717, 1.165) is 0 Å². The summed E-state index contributed by atoms with van der Waals surface area (Å²) in [5.74, 6) is -1.34. The number of rotatable bonds is 4. The van der Waals surface area contributed by atoms with Crippen LogP contribution in [0.4, 0.5) is 8.78 Å². The van der Waals surface area contributed by atoms with Crippen LogP contribution in [0.15, 0.2) is 48.5 Å². The van der Waals surface area contributed by atoms with Gasteiger partial charge in [0.15, 0.2) is 18.2 Å². The number of hydrogen-bond acceptors (Lipinski definition) is 3. The first-order chi connectivity index (χ1) is 11.5. The highest BCUT2D eigenvalue weighted by Crippen LogP contribution is 2.32. The summed E-state index contributed by atoms with van der Waals surface area (Å²) in [6.07, 6.45) is -0.356. The number of carbonyl (C=O) groups is 1. The number of halogens is 2. The lowest BCUT2D eigenvalue weighted by atomic mass is 10.0. The lowest BCUT2D eigenvalue weighted by molar-refractivity contribution is -0.134. The van der Waals surface area contributed by atoms with Crippen molar-refractivity contribution in [3.05, 3.63) is 65.7 Å². The average Bonchev–Trinajstić information content (AvgIpc) is 2.96. The first-order valence-electron chi connectivity index (χ1n) is 7.65. The molecule has 2 atom stereocenters. The Kier molecular flexibility index (Phi) is 4.76. The van der Waals surface area contributed by atoms with Crippen molar-refractivity contribution in [3.8, 4) is 5.75 Å². The van der Waals surface area contributed by atoms with Crippen molar-refractivity contribution in [2.24, 2.45) is 0 Å². The minimum Gasteiger partial charge on any atom is -0.481 e. The van der Waals surface area contributed by atoms with E-state index in [0.29, 0.717) is 12.0 Å². The van der Waals surface area contributed by atoms with Crippen molar-refractivity contribution < 1.29 is 23.4 Å². The highest BCUT2D eigenvalue weighted by Gasteiger charge is 2.35. The normalized spacial score (nSPS) is 20.2. The van der Waals surface area contributed by atoms with E-state index in [9.17, 15) is 18.7 Å². The second-order valence-electron chi connectivity index (χ2n) is 5.73. The molecule has 0 radical (unpaired) electrons. The van der Waals surface area contributed by atoms with E-state index in [1.807, 2.05) is 0 Å². The van der Waals surface area contributed by atoms with Gasteiger partial charge >= 0.3 is 0 Å². The number of aliphatic hydroxyl groups is 1.